The Bertz CT molecular complexity index is 262. The molecule has 1 amide bonds. The molecule has 2 aliphatic carbocycles. The number of carbonyl (C=O) groups is 1. The summed E-state index contributed by atoms with van der Waals surface area (Å²) in [6.07, 6.45) is 7.21. The topological polar surface area (TPSA) is 81.1 Å². The van der Waals surface area contributed by atoms with E-state index in [1.807, 2.05) is 0 Å². The third-order valence-electron chi connectivity index (χ3n) is 3.99. The summed E-state index contributed by atoms with van der Waals surface area (Å²) in [5, 5.41) is 3.11. The molecule has 17 heavy (non-hydrogen) atoms. The van der Waals surface area contributed by atoms with E-state index in [4.69, 9.17) is 11.5 Å². The summed E-state index contributed by atoms with van der Waals surface area (Å²) in [6.45, 7) is 0. The minimum absolute atomic E-state index is 0. The smallest absolute Gasteiger partial charge is 0.223 e. The molecule has 2 saturated carbocycles. The van der Waals surface area contributed by atoms with Crippen LogP contribution in [0.15, 0.2) is 0 Å². The number of carbonyl (C=O) groups excluding carboxylic acids is 1. The molecular formula is C12H24ClN3O. The van der Waals surface area contributed by atoms with E-state index in [1.165, 1.54) is 12.8 Å². The third kappa shape index (κ3) is 3.83. The van der Waals surface area contributed by atoms with Crippen LogP contribution in [0, 0.1) is 5.92 Å². The normalized spacial score (nSPS) is 37.3. The number of nitrogens with one attached hydrogen (secondary N) is 1. The zero-order valence-electron chi connectivity index (χ0n) is 10.2. The minimum atomic E-state index is 0. The van der Waals surface area contributed by atoms with Crippen LogP contribution in [0.2, 0.25) is 0 Å². The van der Waals surface area contributed by atoms with Crippen LogP contribution in [0.25, 0.3) is 0 Å². The second-order valence-electron chi connectivity index (χ2n) is 5.33. The van der Waals surface area contributed by atoms with Gasteiger partial charge >= 0.3 is 0 Å². The molecule has 0 aromatic heterocycles. The largest absolute Gasteiger partial charge is 0.352 e. The first-order valence-electron chi connectivity index (χ1n) is 6.48. The molecule has 5 N–H and O–H groups in total. The van der Waals surface area contributed by atoms with Crippen LogP contribution in [0.4, 0.5) is 0 Å². The molecule has 0 aromatic rings. The zero-order chi connectivity index (χ0) is 11.5. The number of amides is 1. The lowest BCUT2D eigenvalue weighted by Gasteiger charge is -2.30. The molecule has 0 heterocycles. The number of halogens is 1. The van der Waals surface area contributed by atoms with Crippen molar-refractivity contribution < 1.29 is 4.79 Å². The van der Waals surface area contributed by atoms with E-state index in [1.54, 1.807) is 0 Å². The summed E-state index contributed by atoms with van der Waals surface area (Å²) < 4.78 is 0. The van der Waals surface area contributed by atoms with Crippen molar-refractivity contribution in [1.29, 1.82) is 0 Å². The van der Waals surface area contributed by atoms with E-state index in [0.29, 0.717) is 0 Å². The Kier molecular flexibility index (Phi) is 5.70. The molecule has 2 fully saturated rings. The number of nitrogens with two attached hydrogens (primary N) is 2. The molecule has 0 saturated heterocycles. The summed E-state index contributed by atoms with van der Waals surface area (Å²) >= 11 is 0. The van der Waals surface area contributed by atoms with Gasteiger partial charge in [0, 0.05) is 24.0 Å². The molecule has 4 atom stereocenters. The Morgan fingerprint density at radius 3 is 2.35 bits per heavy atom. The highest BCUT2D eigenvalue weighted by Crippen LogP contribution is 2.25. The maximum absolute atomic E-state index is 12.0. The lowest BCUT2D eigenvalue weighted by molar-refractivity contribution is -0.125. The van der Waals surface area contributed by atoms with Gasteiger partial charge in [0.25, 0.3) is 0 Å². The highest BCUT2D eigenvalue weighted by Gasteiger charge is 2.30. The van der Waals surface area contributed by atoms with E-state index in [-0.39, 0.29) is 42.4 Å². The minimum Gasteiger partial charge on any atom is -0.352 e. The van der Waals surface area contributed by atoms with Crippen LogP contribution in [-0.2, 0) is 4.79 Å². The van der Waals surface area contributed by atoms with Crippen molar-refractivity contribution in [2.45, 2.75) is 63.1 Å². The van der Waals surface area contributed by atoms with Crippen LogP contribution in [0.1, 0.15) is 44.9 Å². The molecule has 100 valence electrons. The lowest BCUT2D eigenvalue weighted by Crippen LogP contribution is -2.50. The Morgan fingerprint density at radius 1 is 1.06 bits per heavy atom. The average molecular weight is 262 g/mol. The predicted molar refractivity (Wildman–Crippen MR) is 70.9 cm³/mol. The quantitative estimate of drug-likeness (QED) is 0.692. The van der Waals surface area contributed by atoms with Crippen LogP contribution >= 0.6 is 12.4 Å². The maximum atomic E-state index is 12.0. The van der Waals surface area contributed by atoms with Crippen LogP contribution in [0.3, 0.4) is 0 Å². The maximum Gasteiger partial charge on any atom is 0.223 e. The second kappa shape index (κ2) is 6.57. The summed E-state index contributed by atoms with van der Waals surface area (Å²) in [6, 6.07) is 0.557. The van der Waals surface area contributed by atoms with Gasteiger partial charge in [-0.25, -0.2) is 0 Å². The van der Waals surface area contributed by atoms with Gasteiger partial charge in [0.1, 0.15) is 0 Å². The van der Waals surface area contributed by atoms with E-state index in [0.717, 1.165) is 32.1 Å². The Labute approximate surface area is 109 Å². The van der Waals surface area contributed by atoms with Crippen molar-refractivity contribution in [1.82, 2.24) is 5.32 Å². The molecule has 0 aliphatic heterocycles. The fraction of sp³-hybridized carbons (Fsp3) is 0.917. The van der Waals surface area contributed by atoms with Crippen molar-refractivity contribution in [3.05, 3.63) is 0 Å². The van der Waals surface area contributed by atoms with Gasteiger partial charge in [0.2, 0.25) is 5.91 Å². The van der Waals surface area contributed by atoms with Gasteiger partial charge in [-0.2, -0.15) is 0 Å². The molecule has 0 spiro atoms. The Morgan fingerprint density at radius 2 is 1.76 bits per heavy atom. The summed E-state index contributed by atoms with van der Waals surface area (Å²) in [7, 11) is 0. The second-order valence-corrected chi connectivity index (χ2v) is 5.33. The van der Waals surface area contributed by atoms with Gasteiger partial charge in [-0.3, -0.25) is 4.79 Å². The van der Waals surface area contributed by atoms with Crippen molar-refractivity contribution in [3.8, 4) is 0 Å². The molecule has 2 rings (SSSR count). The molecular weight excluding hydrogens is 238 g/mol. The van der Waals surface area contributed by atoms with Gasteiger partial charge in [0.15, 0.2) is 0 Å². The lowest BCUT2D eigenvalue weighted by atomic mass is 9.90. The first-order valence-corrected chi connectivity index (χ1v) is 6.48. The van der Waals surface area contributed by atoms with Crippen molar-refractivity contribution in [2.24, 2.45) is 17.4 Å². The van der Waals surface area contributed by atoms with Crippen molar-refractivity contribution in [3.63, 3.8) is 0 Å². The van der Waals surface area contributed by atoms with Crippen LogP contribution in [-0.4, -0.2) is 24.0 Å². The molecule has 5 heteroatoms. The average Bonchev–Trinajstić information content (AvgIpc) is 2.68. The first-order chi connectivity index (χ1) is 7.66. The van der Waals surface area contributed by atoms with Gasteiger partial charge in [-0.05, 0) is 32.1 Å². The molecule has 4 nitrogen and oxygen atoms in total. The fourth-order valence-corrected chi connectivity index (χ4v) is 2.89. The van der Waals surface area contributed by atoms with Crippen LogP contribution < -0.4 is 16.8 Å². The van der Waals surface area contributed by atoms with Crippen molar-refractivity contribution >= 4 is 18.3 Å². The Balaban J connectivity index is 0.00000144. The Hall–Kier alpha value is -0.320. The summed E-state index contributed by atoms with van der Waals surface area (Å²) in [5.74, 6) is 0.305. The molecule has 0 bridgehead atoms. The number of rotatable bonds is 2. The first kappa shape index (κ1) is 14.7. The number of hydrogen-bond acceptors (Lipinski definition) is 3. The van der Waals surface area contributed by atoms with E-state index < -0.39 is 0 Å². The number of hydrogen-bond donors (Lipinski definition) is 3. The van der Waals surface area contributed by atoms with E-state index in [9.17, 15) is 4.79 Å². The standard InChI is InChI=1S/C12H23N3O.ClH/c13-9-6-5-8(7-9)12(16)15-11-4-2-1-3-10(11)14;/h8-11H,1-7,13-14H2,(H,15,16);1H/t8-,9+,10+,11+;/m1./s1. The molecule has 2 aliphatic rings. The third-order valence-corrected chi connectivity index (χ3v) is 3.99. The van der Waals surface area contributed by atoms with Gasteiger partial charge in [0.05, 0.1) is 0 Å². The predicted octanol–water partition coefficient (Wildman–Crippen LogP) is 0.922. The van der Waals surface area contributed by atoms with Gasteiger partial charge in [-0.15, -0.1) is 12.4 Å². The van der Waals surface area contributed by atoms with E-state index >= 15 is 0 Å². The fourth-order valence-electron chi connectivity index (χ4n) is 2.89. The monoisotopic (exact) mass is 261 g/mol. The van der Waals surface area contributed by atoms with E-state index in [2.05, 4.69) is 5.32 Å². The summed E-state index contributed by atoms with van der Waals surface area (Å²) in [4.78, 5) is 12.0. The molecule has 0 unspecified atom stereocenters. The molecule has 0 radical (unpaired) electrons. The summed E-state index contributed by atoms with van der Waals surface area (Å²) in [5.41, 5.74) is 11.8. The van der Waals surface area contributed by atoms with Gasteiger partial charge < -0.3 is 16.8 Å². The highest BCUT2D eigenvalue weighted by molar-refractivity contribution is 5.85. The SMILES string of the molecule is Cl.N[C@H]1CC[C@@H](C(=O)N[C@H]2CCCC[C@@H]2N)C1. The highest BCUT2D eigenvalue weighted by atomic mass is 35.5. The zero-order valence-corrected chi connectivity index (χ0v) is 11.0. The van der Waals surface area contributed by atoms with Crippen LogP contribution in [0.5, 0.6) is 0 Å². The van der Waals surface area contributed by atoms with Gasteiger partial charge in [-0.1, -0.05) is 12.8 Å². The molecule has 0 aromatic carbocycles. The van der Waals surface area contributed by atoms with Crippen molar-refractivity contribution in [2.75, 3.05) is 0 Å².